The Bertz CT molecular complexity index is 342. The highest BCUT2D eigenvalue weighted by atomic mass is 19.1. The molecule has 0 aromatic heterocycles. The Labute approximate surface area is 96.9 Å². The van der Waals surface area contributed by atoms with Crippen molar-refractivity contribution in [3.63, 3.8) is 0 Å². The van der Waals surface area contributed by atoms with Gasteiger partial charge in [0, 0.05) is 13.5 Å². The Hall–Kier alpha value is -1.02. The maximum atomic E-state index is 13.8. The van der Waals surface area contributed by atoms with Crippen LogP contribution in [0.3, 0.4) is 0 Å². The van der Waals surface area contributed by atoms with Gasteiger partial charge in [-0.3, -0.25) is 0 Å². The third-order valence-electron chi connectivity index (χ3n) is 2.77. The summed E-state index contributed by atoms with van der Waals surface area (Å²) in [7, 11) is 1.45. The van der Waals surface area contributed by atoms with Crippen LogP contribution >= 0.6 is 0 Å². The van der Waals surface area contributed by atoms with Crippen LogP contribution in [0.4, 0.5) is 4.39 Å². The number of carbonyl (C=O) groups is 1. The number of hydrogen-bond donors (Lipinski definition) is 1. The van der Waals surface area contributed by atoms with Gasteiger partial charge in [-0.05, 0) is 0 Å². The first-order valence-electron chi connectivity index (χ1n) is 5.10. The summed E-state index contributed by atoms with van der Waals surface area (Å²) in [5, 5.41) is 8.89. The van der Waals surface area contributed by atoms with Gasteiger partial charge in [-0.1, -0.05) is 0 Å². The summed E-state index contributed by atoms with van der Waals surface area (Å²) in [6.07, 6.45) is -2.24. The molecule has 0 aromatic rings. The minimum Gasteiger partial charge on any atom is -0.478 e. The van der Waals surface area contributed by atoms with Crippen LogP contribution in [-0.4, -0.2) is 50.1 Å². The molecule has 1 fully saturated rings. The van der Waals surface area contributed by atoms with Gasteiger partial charge in [-0.25, -0.2) is 9.18 Å². The second-order valence-electron chi connectivity index (χ2n) is 3.78. The molecule has 6 nitrogen and oxygen atoms in total. The van der Waals surface area contributed by atoms with Crippen LogP contribution in [0.15, 0.2) is 11.4 Å². The van der Waals surface area contributed by atoms with Crippen molar-refractivity contribution in [2.24, 2.45) is 0 Å². The van der Waals surface area contributed by atoms with Gasteiger partial charge >= 0.3 is 5.97 Å². The molecule has 3 atom stereocenters. The first kappa shape index (κ1) is 12.4. The number of ether oxygens (including phenoxy) is 4. The van der Waals surface area contributed by atoms with Crippen LogP contribution in [-0.2, 0) is 23.7 Å². The lowest BCUT2D eigenvalue weighted by molar-refractivity contribution is -0.138. The summed E-state index contributed by atoms with van der Waals surface area (Å²) in [4.78, 5) is 10.9. The van der Waals surface area contributed by atoms with Crippen molar-refractivity contribution < 1.29 is 33.2 Å². The summed E-state index contributed by atoms with van der Waals surface area (Å²) in [6.45, 7) is -0.0751. The molecule has 1 aliphatic heterocycles. The maximum Gasteiger partial charge on any atom is 0.334 e. The lowest BCUT2D eigenvalue weighted by atomic mass is 9.91. The van der Waals surface area contributed by atoms with E-state index in [1.807, 2.05) is 0 Å². The standard InChI is InChI=1S/C10H13FO6/c1-14-3-15-6-2-5(10(12)13)7(11)9-8(6)16-4-17-9/h6,8-9H,2-4H2,1H3,(H,12,13)/t6-,8+,9-/m1/s1. The second-order valence-corrected chi connectivity index (χ2v) is 3.78. The molecular weight excluding hydrogens is 235 g/mol. The van der Waals surface area contributed by atoms with Crippen molar-refractivity contribution in [2.45, 2.75) is 24.7 Å². The molecule has 2 rings (SSSR count). The van der Waals surface area contributed by atoms with Crippen LogP contribution in [0.5, 0.6) is 0 Å². The van der Waals surface area contributed by atoms with Crippen LogP contribution in [0.1, 0.15) is 6.42 Å². The fourth-order valence-corrected chi connectivity index (χ4v) is 1.98. The monoisotopic (exact) mass is 248 g/mol. The normalized spacial score (nSPS) is 32.7. The van der Waals surface area contributed by atoms with E-state index in [0.717, 1.165) is 0 Å². The Morgan fingerprint density at radius 3 is 3.00 bits per heavy atom. The molecule has 0 saturated carbocycles. The van der Waals surface area contributed by atoms with E-state index in [1.54, 1.807) is 0 Å². The lowest BCUT2D eigenvalue weighted by Gasteiger charge is -2.30. The third-order valence-corrected chi connectivity index (χ3v) is 2.77. The minimum atomic E-state index is -1.30. The van der Waals surface area contributed by atoms with Crippen molar-refractivity contribution in [1.82, 2.24) is 0 Å². The number of aliphatic carboxylic acids is 1. The SMILES string of the molecule is COCO[C@@H]1CC(C(=O)O)=C(F)[C@H]2OCO[C@H]21. The predicted molar refractivity (Wildman–Crippen MR) is 51.7 cm³/mol. The Morgan fingerprint density at radius 1 is 1.59 bits per heavy atom. The zero-order valence-corrected chi connectivity index (χ0v) is 9.22. The molecule has 0 amide bonds. The fourth-order valence-electron chi connectivity index (χ4n) is 1.98. The number of fused-ring (bicyclic) bond motifs is 1. The summed E-state index contributed by atoms with van der Waals surface area (Å²) in [5.74, 6) is -2.08. The molecule has 0 spiro atoms. The van der Waals surface area contributed by atoms with Gasteiger partial charge in [0.2, 0.25) is 0 Å². The van der Waals surface area contributed by atoms with Crippen LogP contribution in [0.2, 0.25) is 0 Å². The molecule has 2 aliphatic rings. The number of hydrogen-bond acceptors (Lipinski definition) is 5. The van der Waals surface area contributed by atoms with Gasteiger partial charge in [0.1, 0.15) is 31.6 Å². The maximum absolute atomic E-state index is 13.8. The molecule has 0 aromatic carbocycles. The molecule has 1 aliphatic carbocycles. The Balaban J connectivity index is 2.19. The van der Waals surface area contributed by atoms with E-state index in [0.29, 0.717) is 0 Å². The molecule has 7 heteroatoms. The van der Waals surface area contributed by atoms with Gasteiger partial charge in [-0.15, -0.1) is 0 Å². The zero-order valence-electron chi connectivity index (χ0n) is 9.22. The van der Waals surface area contributed by atoms with E-state index in [2.05, 4.69) is 0 Å². The molecule has 0 bridgehead atoms. The van der Waals surface area contributed by atoms with Crippen LogP contribution < -0.4 is 0 Å². The number of methoxy groups -OCH3 is 1. The number of rotatable bonds is 4. The zero-order chi connectivity index (χ0) is 12.4. The van der Waals surface area contributed by atoms with Gasteiger partial charge in [0.15, 0.2) is 0 Å². The van der Waals surface area contributed by atoms with Crippen molar-refractivity contribution in [1.29, 1.82) is 0 Å². The van der Waals surface area contributed by atoms with Crippen molar-refractivity contribution in [3.8, 4) is 0 Å². The van der Waals surface area contributed by atoms with E-state index in [-0.39, 0.29) is 25.6 Å². The van der Waals surface area contributed by atoms with E-state index >= 15 is 0 Å². The van der Waals surface area contributed by atoms with Crippen molar-refractivity contribution in [2.75, 3.05) is 20.7 Å². The highest BCUT2D eigenvalue weighted by Crippen LogP contribution is 2.35. The molecule has 96 valence electrons. The molecule has 1 heterocycles. The van der Waals surface area contributed by atoms with Gasteiger partial charge in [-0.2, -0.15) is 0 Å². The van der Waals surface area contributed by atoms with Crippen molar-refractivity contribution >= 4 is 5.97 Å². The quantitative estimate of drug-likeness (QED) is 0.727. The molecule has 1 saturated heterocycles. The molecule has 17 heavy (non-hydrogen) atoms. The van der Waals surface area contributed by atoms with Crippen LogP contribution in [0, 0.1) is 0 Å². The van der Waals surface area contributed by atoms with Gasteiger partial charge in [0.05, 0.1) is 11.7 Å². The van der Waals surface area contributed by atoms with Gasteiger partial charge in [0.25, 0.3) is 0 Å². The summed E-state index contributed by atoms with van der Waals surface area (Å²) < 4.78 is 34.0. The van der Waals surface area contributed by atoms with Crippen molar-refractivity contribution in [3.05, 3.63) is 11.4 Å². The van der Waals surface area contributed by atoms with E-state index < -0.39 is 30.1 Å². The summed E-state index contributed by atoms with van der Waals surface area (Å²) in [6, 6.07) is 0. The van der Waals surface area contributed by atoms with Gasteiger partial charge < -0.3 is 24.1 Å². The Morgan fingerprint density at radius 2 is 2.35 bits per heavy atom. The lowest BCUT2D eigenvalue weighted by Crippen LogP contribution is -2.43. The minimum absolute atomic E-state index is 0.00817. The first-order chi connectivity index (χ1) is 8.15. The topological polar surface area (TPSA) is 74.2 Å². The van der Waals surface area contributed by atoms with E-state index in [4.69, 9.17) is 24.1 Å². The number of carboxylic acids is 1. The summed E-state index contributed by atoms with van der Waals surface area (Å²) >= 11 is 0. The molecular formula is C10H13FO6. The fraction of sp³-hybridized carbons (Fsp3) is 0.700. The number of carboxylic acid groups (broad SMARTS) is 1. The second kappa shape index (κ2) is 5.09. The first-order valence-corrected chi connectivity index (χ1v) is 5.10. The Kier molecular flexibility index (Phi) is 3.72. The smallest absolute Gasteiger partial charge is 0.334 e. The average molecular weight is 248 g/mol. The number of halogens is 1. The van der Waals surface area contributed by atoms with E-state index in [9.17, 15) is 9.18 Å². The largest absolute Gasteiger partial charge is 0.478 e. The predicted octanol–water partition coefficient (Wildman–Crippen LogP) is 0.429. The highest BCUT2D eigenvalue weighted by molar-refractivity contribution is 5.87. The van der Waals surface area contributed by atoms with Crippen LogP contribution in [0.25, 0.3) is 0 Å². The molecule has 0 radical (unpaired) electrons. The molecule has 0 unspecified atom stereocenters. The summed E-state index contributed by atoms with van der Waals surface area (Å²) in [5.41, 5.74) is -0.321. The average Bonchev–Trinajstić information content (AvgIpc) is 2.77. The molecule has 1 N–H and O–H groups in total. The highest BCUT2D eigenvalue weighted by Gasteiger charge is 2.46. The third kappa shape index (κ3) is 2.32. The van der Waals surface area contributed by atoms with E-state index in [1.165, 1.54) is 7.11 Å².